The van der Waals surface area contributed by atoms with Crippen LogP contribution in [-0.2, 0) is 4.74 Å². The SMILES string of the molecule is CCOCCN(CC)C(C)(CC)CN. The molecular weight excluding hydrogens is 176 g/mol. The molecule has 0 aromatic rings. The van der Waals surface area contributed by atoms with E-state index in [9.17, 15) is 0 Å². The second-order valence-corrected chi connectivity index (χ2v) is 3.83. The zero-order valence-corrected chi connectivity index (χ0v) is 10.2. The third kappa shape index (κ3) is 3.95. The van der Waals surface area contributed by atoms with Gasteiger partial charge >= 0.3 is 0 Å². The van der Waals surface area contributed by atoms with Crippen molar-refractivity contribution in [2.45, 2.75) is 39.7 Å². The van der Waals surface area contributed by atoms with Crippen LogP contribution in [0.3, 0.4) is 0 Å². The van der Waals surface area contributed by atoms with Gasteiger partial charge in [-0.25, -0.2) is 0 Å². The molecule has 0 fully saturated rings. The van der Waals surface area contributed by atoms with Crippen molar-refractivity contribution in [1.29, 1.82) is 0 Å². The summed E-state index contributed by atoms with van der Waals surface area (Å²) in [5.41, 5.74) is 5.95. The summed E-state index contributed by atoms with van der Waals surface area (Å²) in [6.07, 6.45) is 1.09. The lowest BCUT2D eigenvalue weighted by Crippen LogP contribution is -2.52. The molecule has 0 spiro atoms. The second kappa shape index (κ2) is 7.21. The molecule has 3 nitrogen and oxygen atoms in total. The Morgan fingerprint density at radius 2 is 1.93 bits per heavy atom. The van der Waals surface area contributed by atoms with Gasteiger partial charge in [0.2, 0.25) is 0 Å². The summed E-state index contributed by atoms with van der Waals surface area (Å²) in [5, 5.41) is 0. The van der Waals surface area contributed by atoms with Crippen molar-refractivity contribution in [3.05, 3.63) is 0 Å². The number of nitrogens with two attached hydrogens (primary N) is 1. The van der Waals surface area contributed by atoms with Crippen LogP contribution >= 0.6 is 0 Å². The van der Waals surface area contributed by atoms with Gasteiger partial charge in [0, 0.05) is 25.2 Å². The van der Waals surface area contributed by atoms with Crippen molar-refractivity contribution in [3.63, 3.8) is 0 Å². The normalized spacial score (nSPS) is 15.9. The Bertz CT molecular complexity index is 135. The molecule has 86 valence electrons. The van der Waals surface area contributed by atoms with E-state index in [0.29, 0.717) is 6.54 Å². The van der Waals surface area contributed by atoms with Gasteiger partial charge in [0.05, 0.1) is 6.61 Å². The lowest BCUT2D eigenvalue weighted by molar-refractivity contribution is 0.0589. The summed E-state index contributed by atoms with van der Waals surface area (Å²) in [4.78, 5) is 2.41. The molecule has 0 bridgehead atoms. The molecule has 0 amide bonds. The van der Waals surface area contributed by atoms with Crippen LogP contribution in [0.4, 0.5) is 0 Å². The first kappa shape index (κ1) is 13.9. The largest absolute Gasteiger partial charge is 0.380 e. The Hall–Kier alpha value is -0.120. The Morgan fingerprint density at radius 1 is 1.29 bits per heavy atom. The van der Waals surface area contributed by atoms with Crippen molar-refractivity contribution in [2.75, 3.05) is 32.8 Å². The number of rotatable bonds is 8. The van der Waals surface area contributed by atoms with E-state index < -0.39 is 0 Å². The highest BCUT2D eigenvalue weighted by atomic mass is 16.5. The molecule has 0 rings (SSSR count). The fraction of sp³-hybridized carbons (Fsp3) is 1.00. The molecule has 2 N–H and O–H groups in total. The molecule has 0 aromatic heterocycles. The van der Waals surface area contributed by atoms with E-state index in [0.717, 1.165) is 32.7 Å². The maximum atomic E-state index is 5.82. The summed E-state index contributed by atoms with van der Waals surface area (Å²) in [7, 11) is 0. The Kier molecular flexibility index (Phi) is 7.15. The Labute approximate surface area is 88.6 Å². The Balaban J connectivity index is 4.08. The average Bonchev–Trinajstić information content (AvgIpc) is 2.23. The van der Waals surface area contributed by atoms with Crippen molar-refractivity contribution in [1.82, 2.24) is 4.90 Å². The van der Waals surface area contributed by atoms with E-state index >= 15 is 0 Å². The van der Waals surface area contributed by atoms with E-state index in [4.69, 9.17) is 10.5 Å². The van der Waals surface area contributed by atoms with Crippen LogP contribution < -0.4 is 5.73 Å². The maximum Gasteiger partial charge on any atom is 0.0593 e. The van der Waals surface area contributed by atoms with Gasteiger partial charge in [0.15, 0.2) is 0 Å². The monoisotopic (exact) mass is 202 g/mol. The van der Waals surface area contributed by atoms with Gasteiger partial charge in [0.1, 0.15) is 0 Å². The summed E-state index contributed by atoms with van der Waals surface area (Å²) in [6.45, 7) is 12.9. The number of ether oxygens (including phenoxy) is 1. The number of hydrogen-bond acceptors (Lipinski definition) is 3. The van der Waals surface area contributed by atoms with Gasteiger partial charge < -0.3 is 10.5 Å². The smallest absolute Gasteiger partial charge is 0.0593 e. The minimum absolute atomic E-state index is 0.131. The third-order valence-corrected chi connectivity index (χ3v) is 3.06. The minimum Gasteiger partial charge on any atom is -0.380 e. The van der Waals surface area contributed by atoms with Crippen molar-refractivity contribution >= 4 is 0 Å². The maximum absolute atomic E-state index is 5.82. The van der Waals surface area contributed by atoms with E-state index in [2.05, 4.69) is 25.7 Å². The van der Waals surface area contributed by atoms with Crippen LogP contribution in [0.1, 0.15) is 34.1 Å². The Morgan fingerprint density at radius 3 is 2.29 bits per heavy atom. The van der Waals surface area contributed by atoms with Gasteiger partial charge in [-0.15, -0.1) is 0 Å². The molecule has 1 unspecified atom stereocenters. The van der Waals surface area contributed by atoms with E-state index in [1.165, 1.54) is 0 Å². The molecular formula is C11H26N2O. The molecule has 0 aliphatic carbocycles. The minimum atomic E-state index is 0.131. The first-order valence-corrected chi connectivity index (χ1v) is 5.67. The highest BCUT2D eigenvalue weighted by Crippen LogP contribution is 2.17. The lowest BCUT2D eigenvalue weighted by atomic mass is 9.96. The van der Waals surface area contributed by atoms with Crippen LogP contribution in [0.15, 0.2) is 0 Å². The zero-order valence-electron chi connectivity index (χ0n) is 10.2. The van der Waals surface area contributed by atoms with Crippen LogP contribution in [0.25, 0.3) is 0 Å². The zero-order chi connectivity index (χ0) is 11.0. The fourth-order valence-corrected chi connectivity index (χ4v) is 1.63. The average molecular weight is 202 g/mol. The quantitative estimate of drug-likeness (QED) is 0.606. The molecule has 0 heterocycles. The van der Waals surface area contributed by atoms with Crippen molar-refractivity contribution < 1.29 is 4.74 Å². The van der Waals surface area contributed by atoms with Crippen molar-refractivity contribution in [2.24, 2.45) is 5.73 Å². The van der Waals surface area contributed by atoms with Crippen LogP contribution in [0.5, 0.6) is 0 Å². The summed E-state index contributed by atoms with van der Waals surface area (Å²) < 4.78 is 5.37. The molecule has 0 aliphatic heterocycles. The summed E-state index contributed by atoms with van der Waals surface area (Å²) in [5.74, 6) is 0. The van der Waals surface area contributed by atoms with Crippen LogP contribution in [0, 0.1) is 0 Å². The number of hydrogen-bond donors (Lipinski definition) is 1. The van der Waals surface area contributed by atoms with Gasteiger partial charge in [-0.2, -0.15) is 0 Å². The predicted octanol–water partition coefficient (Wildman–Crippen LogP) is 1.47. The standard InChI is InChI=1S/C11H26N2O/c1-5-11(4,10-12)13(6-2)8-9-14-7-3/h5-10,12H2,1-4H3. The highest BCUT2D eigenvalue weighted by molar-refractivity contribution is 4.85. The molecule has 0 aromatic carbocycles. The third-order valence-electron chi connectivity index (χ3n) is 3.06. The number of likely N-dealkylation sites (N-methyl/N-ethyl adjacent to an activating group) is 1. The molecule has 0 aliphatic rings. The van der Waals surface area contributed by atoms with Gasteiger partial charge in [-0.3, -0.25) is 4.90 Å². The van der Waals surface area contributed by atoms with Crippen molar-refractivity contribution in [3.8, 4) is 0 Å². The fourth-order valence-electron chi connectivity index (χ4n) is 1.63. The topological polar surface area (TPSA) is 38.5 Å². The van der Waals surface area contributed by atoms with Gasteiger partial charge in [-0.1, -0.05) is 13.8 Å². The first-order chi connectivity index (χ1) is 6.64. The first-order valence-electron chi connectivity index (χ1n) is 5.67. The lowest BCUT2D eigenvalue weighted by Gasteiger charge is -2.39. The van der Waals surface area contributed by atoms with E-state index in [-0.39, 0.29) is 5.54 Å². The van der Waals surface area contributed by atoms with Crippen LogP contribution in [0.2, 0.25) is 0 Å². The summed E-state index contributed by atoms with van der Waals surface area (Å²) in [6, 6.07) is 0. The van der Waals surface area contributed by atoms with E-state index in [1.807, 2.05) is 6.92 Å². The van der Waals surface area contributed by atoms with Crippen LogP contribution in [-0.4, -0.2) is 43.3 Å². The second-order valence-electron chi connectivity index (χ2n) is 3.83. The van der Waals surface area contributed by atoms with Gasteiger partial charge in [-0.05, 0) is 26.8 Å². The number of nitrogens with zero attached hydrogens (tertiary/aromatic N) is 1. The molecule has 0 radical (unpaired) electrons. The predicted molar refractivity (Wildman–Crippen MR) is 61.5 cm³/mol. The van der Waals surface area contributed by atoms with Gasteiger partial charge in [0.25, 0.3) is 0 Å². The highest BCUT2D eigenvalue weighted by Gasteiger charge is 2.26. The molecule has 3 heteroatoms. The molecule has 14 heavy (non-hydrogen) atoms. The molecule has 0 saturated heterocycles. The molecule has 1 atom stereocenters. The molecule has 0 saturated carbocycles. The van der Waals surface area contributed by atoms with E-state index in [1.54, 1.807) is 0 Å². The summed E-state index contributed by atoms with van der Waals surface area (Å²) >= 11 is 0.